The molecule has 14 heavy (non-hydrogen) atoms. The molecular formula is C14H28. The summed E-state index contributed by atoms with van der Waals surface area (Å²) >= 11 is 0. The van der Waals surface area contributed by atoms with E-state index in [2.05, 4.69) is 27.7 Å². The summed E-state index contributed by atoms with van der Waals surface area (Å²) in [5.41, 5.74) is 0. The highest BCUT2D eigenvalue weighted by atomic mass is 14.3. The van der Waals surface area contributed by atoms with Gasteiger partial charge in [0.1, 0.15) is 0 Å². The molecule has 1 fully saturated rings. The Labute approximate surface area is 90.5 Å². The molecule has 0 aromatic carbocycles. The minimum atomic E-state index is 0.883. The quantitative estimate of drug-likeness (QED) is 0.587. The van der Waals surface area contributed by atoms with Crippen molar-refractivity contribution in [1.82, 2.24) is 0 Å². The summed E-state index contributed by atoms with van der Waals surface area (Å²) in [7, 11) is 0. The van der Waals surface area contributed by atoms with E-state index in [4.69, 9.17) is 0 Å². The molecule has 2 atom stereocenters. The van der Waals surface area contributed by atoms with Crippen molar-refractivity contribution >= 4 is 0 Å². The van der Waals surface area contributed by atoms with Crippen LogP contribution in [0.3, 0.4) is 0 Å². The van der Waals surface area contributed by atoms with Crippen LogP contribution in [0.5, 0.6) is 0 Å². The van der Waals surface area contributed by atoms with Crippen LogP contribution in [0.15, 0.2) is 0 Å². The predicted octanol–water partition coefficient (Wildman–Crippen LogP) is 4.89. The molecule has 0 saturated heterocycles. The average Bonchev–Trinajstić information content (AvgIpc) is 2.65. The van der Waals surface area contributed by atoms with Gasteiger partial charge in [-0.2, -0.15) is 0 Å². The molecule has 0 heteroatoms. The molecule has 0 amide bonds. The zero-order chi connectivity index (χ0) is 10.6. The third kappa shape index (κ3) is 3.63. The molecule has 0 aliphatic heterocycles. The van der Waals surface area contributed by atoms with Gasteiger partial charge >= 0.3 is 0 Å². The smallest absolute Gasteiger partial charge is 0.0386 e. The van der Waals surface area contributed by atoms with Gasteiger partial charge in [0.2, 0.25) is 0 Å². The Bertz CT molecular complexity index is 142. The van der Waals surface area contributed by atoms with E-state index in [1.807, 2.05) is 0 Å². The van der Waals surface area contributed by atoms with Crippen LogP contribution in [0.25, 0.3) is 0 Å². The minimum Gasteiger partial charge on any atom is -0.0628 e. The summed E-state index contributed by atoms with van der Waals surface area (Å²) in [5.74, 6) is 3.85. The molecule has 0 nitrogen and oxygen atoms in total. The van der Waals surface area contributed by atoms with Crippen molar-refractivity contribution in [3.63, 3.8) is 0 Å². The zero-order valence-corrected chi connectivity index (χ0v) is 10.6. The standard InChI is InChI=1S/C14H28/c1-11(2)9-10-12(3)13(4)14-7-5-6-8-14/h11-14H,5-10H2,1-4H3. The topological polar surface area (TPSA) is 0 Å². The van der Waals surface area contributed by atoms with E-state index in [-0.39, 0.29) is 0 Å². The molecule has 0 aromatic rings. The average molecular weight is 196 g/mol. The van der Waals surface area contributed by atoms with Crippen molar-refractivity contribution in [3.05, 3.63) is 0 Å². The van der Waals surface area contributed by atoms with Crippen molar-refractivity contribution < 1.29 is 0 Å². The molecule has 0 bridgehead atoms. The van der Waals surface area contributed by atoms with Crippen molar-refractivity contribution in [3.8, 4) is 0 Å². The van der Waals surface area contributed by atoms with E-state index in [9.17, 15) is 0 Å². The summed E-state index contributed by atoms with van der Waals surface area (Å²) in [6.45, 7) is 9.63. The molecule has 2 unspecified atom stereocenters. The van der Waals surface area contributed by atoms with Crippen LogP contribution >= 0.6 is 0 Å². The van der Waals surface area contributed by atoms with Gasteiger partial charge in [0.15, 0.2) is 0 Å². The maximum absolute atomic E-state index is 2.49. The fourth-order valence-corrected chi connectivity index (χ4v) is 2.81. The monoisotopic (exact) mass is 196 g/mol. The lowest BCUT2D eigenvalue weighted by Crippen LogP contribution is -2.17. The van der Waals surface area contributed by atoms with Gasteiger partial charge in [0.25, 0.3) is 0 Å². The molecule has 1 saturated carbocycles. The van der Waals surface area contributed by atoms with Crippen molar-refractivity contribution in [1.29, 1.82) is 0 Å². The molecule has 0 heterocycles. The second kappa shape index (κ2) is 5.78. The van der Waals surface area contributed by atoms with Crippen LogP contribution in [-0.4, -0.2) is 0 Å². The van der Waals surface area contributed by atoms with Gasteiger partial charge in [-0.25, -0.2) is 0 Å². The maximum atomic E-state index is 2.49. The van der Waals surface area contributed by atoms with Gasteiger partial charge in [-0.05, 0) is 23.7 Å². The highest BCUT2D eigenvalue weighted by Crippen LogP contribution is 2.36. The lowest BCUT2D eigenvalue weighted by atomic mass is 9.80. The van der Waals surface area contributed by atoms with E-state index >= 15 is 0 Å². The maximum Gasteiger partial charge on any atom is -0.0386 e. The predicted molar refractivity (Wildman–Crippen MR) is 64.4 cm³/mol. The van der Waals surface area contributed by atoms with E-state index in [1.54, 1.807) is 0 Å². The van der Waals surface area contributed by atoms with Crippen LogP contribution in [-0.2, 0) is 0 Å². The first-order valence-corrected chi connectivity index (χ1v) is 6.61. The second-order valence-electron chi connectivity index (χ2n) is 5.85. The highest BCUT2D eigenvalue weighted by molar-refractivity contribution is 4.76. The summed E-state index contributed by atoms with van der Waals surface area (Å²) in [6, 6.07) is 0. The minimum absolute atomic E-state index is 0.883. The van der Waals surface area contributed by atoms with Gasteiger partial charge < -0.3 is 0 Å². The fraction of sp³-hybridized carbons (Fsp3) is 1.00. The number of hydrogen-bond acceptors (Lipinski definition) is 0. The number of hydrogen-bond donors (Lipinski definition) is 0. The Morgan fingerprint density at radius 3 is 2.00 bits per heavy atom. The van der Waals surface area contributed by atoms with E-state index in [0.29, 0.717) is 0 Å². The van der Waals surface area contributed by atoms with E-state index < -0.39 is 0 Å². The molecule has 1 aliphatic rings. The SMILES string of the molecule is CC(C)CCC(C)C(C)C1CCCC1. The van der Waals surface area contributed by atoms with Gasteiger partial charge in [0, 0.05) is 0 Å². The normalized spacial score (nSPS) is 22.9. The lowest BCUT2D eigenvalue weighted by Gasteiger charge is -2.26. The molecule has 0 aromatic heterocycles. The first-order valence-electron chi connectivity index (χ1n) is 6.61. The highest BCUT2D eigenvalue weighted by Gasteiger charge is 2.25. The Kier molecular flexibility index (Phi) is 4.98. The number of rotatable bonds is 5. The molecule has 1 aliphatic carbocycles. The van der Waals surface area contributed by atoms with E-state index in [0.717, 1.165) is 23.7 Å². The Hall–Kier alpha value is 0. The van der Waals surface area contributed by atoms with Crippen molar-refractivity contribution in [2.24, 2.45) is 23.7 Å². The molecule has 0 N–H and O–H groups in total. The van der Waals surface area contributed by atoms with Crippen LogP contribution in [0.1, 0.15) is 66.2 Å². The fourth-order valence-electron chi connectivity index (χ4n) is 2.81. The van der Waals surface area contributed by atoms with Gasteiger partial charge in [0.05, 0.1) is 0 Å². The lowest BCUT2D eigenvalue weighted by molar-refractivity contribution is 0.243. The Morgan fingerprint density at radius 1 is 0.929 bits per heavy atom. The van der Waals surface area contributed by atoms with Crippen LogP contribution < -0.4 is 0 Å². The summed E-state index contributed by atoms with van der Waals surface area (Å²) in [5, 5.41) is 0. The summed E-state index contributed by atoms with van der Waals surface area (Å²) in [6.07, 6.45) is 8.85. The Morgan fingerprint density at radius 2 is 1.50 bits per heavy atom. The molecule has 84 valence electrons. The first kappa shape index (κ1) is 12.1. The summed E-state index contributed by atoms with van der Waals surface area (Å²) in [4.78, 5) is 0. The van der Waals surface area contributed by atoms with Crippen LogP contribution in [0.4, 0.5) is 0 Å². The van der Waals surface area contributed by atoms with Crippen LogP contribution in [0, 0.1) is 23.7 Å². The second-order valence-corrected chi connectivity index (χ2v) is 5.85. The third-order valence-corrected chi connectivity index (χ3v) is 4.24. The molecule has 0 radical (unpaired) electrons. The molecule has 1 rings (SSSR count). The van der Waals surface area contributed by atoms with Crippen molar-refractivity contribution in [2.75, 3.05) is 0 Å². The van der Waals surface area contributed by atoms with Crippen LogP contribution in [0.2, 0.25) is 0 Å². The van der Waals surface area contributed by atoms with Gasteiger partial charge in [-0.3, -0.25) is 0 Å². The van der Waals surface area contributed by atoms with Gasteiger partial charge in [-0.1, -0.05) is 66.2 Å². The molecular weight excluding hydrogens is 168 g/mol. The molecule has 0 spiro atoms. The third-order valence-electron chi connectivity index (χ3n) is 4.24. The largest absolute Gasteiger partial charge is 0.0628 e. The first-order chi connectivity index (χ1) is 6.61. The van der Waals surface area contributed by atoms with Crippen molar-refractivity contribution in [2.45, 2.75) is 66.2 Å². The summed E-state index contributed by atoms with van der Waals surface area (Å²) < 4.78 is 0. The Balaban J connectivity index is 2.24. The van der Waals surface area contributed by atoms with Gasteiger partial charge in [-0.15, -0.1) is 0 Å². The zero-order valence-electron chi connectivity index (χ0n) is 10.6. The van der Waals surface area contributed by atoms with E-state index in [1.165, 1.54) is 38.5 Å².